The van der Waals surface area contributed by atoms with Crippen LogP contribution in [0.5, 0.6) is 0 Å². The highest BCUT2D eigenvalue weighted by atomic mass is 32.1. The highest BCUT2D eigenvalue weighted by Crippen LogP contribution is 2.29. The molecule has 16 heavy (non-hydrogen) atoms. The van der Waals surface area contributed by atoms with Crippen LogP contribution >= 0.6 is 11.3 Å². The number of benzene rings is 1. The molecule has 0 unspecified atom stereocenters. The van der Waals surface area contributed by atoms with Crippen molar-refractivity contribution in [2.75, 3.05) is 0 Å². The minimum Gasteiger partial charge on any atom is -0.464 e. The van der Waals surface area contributed by atoms with Gasteiger partial charge in [-0.1, -0.05) is 18.7 Å². The van der Waals surface area contributed by atoms with Crippen molar-refractivity contribution < 1.29 is 4.42 Å². The Morgan fingerprint density at radius 1 is 1.19 bits per heavy atom. The maximum absolute atomic E-state index is 5.31. The Balaban J connectivity index is 2.10. The normalized spacial score (nSPS) is 10.8. The van der Waals surface area contributed by atoms with Gasteiger partial charge >= 0.3 is 0 Å². The van der Waals surface area contributed by atoms with Gasteiger partial charge in [0.25, 0.3) is 0 Å². The maximum atomic E-state index is 5.31. The molecule has 3 rings (SSSR count). The molecular formula is C13H9NOS. The lowest BCUT2D eigenvalue weighted by atomic mass is 10.2. The van der Waals surface area contributed by atoms with Crippen molar-refractivity contribution in [3.63, 3.8) is 0 Å². The van der Waals surface area contributed by atoms with Crippen molar-refractivity contribution in [2.45, 2.75) is 0 Å². The minimum atomic E-state index is 0.777. The number of hydrogen-bond acceptors (Lipinski definition) is 3. The zero-order valence-electron chi connectivity index (χ0n) is 8.51. The lowest BCUT2D eigenvalue weighted by Crippen LogP contribution is -1.80. The first kappa shape index (κ1) is 9.36. The molecule has 3 aromatic rings. The average molecular weight is 227 g/mol. The van der Waals surface area contributed by atoms with Gasteiger partial charge in [0.05, 0.1) is 16.5 Å². The molecule has 0 fully saturated rings. The summed E-state index contributed by atoms with van der Waals surface area (Å²) in [5.41, 5.74) is 1.85. The summed E-state index contributed by atoms with van der Waals surface area (Å²) in [7, 11) is 0. The summed E-state index contributed by atoms with van der Waals surface area (Å²) in [6, 6.07) is 11.8. The van der Waals surface area contributed by atoms with Crippen molar-refractivity contribution in [1.29, 1.82) is 0 Å². The predicted octanol–water partition coefficient (Wildman–Crippen LogP) is 3.95. The summed E-state index contributed by atoms with van der Waals surface area (Å²) in [6.07, 6.45) is 1.65. The second kappa shape index (κ2) is 3.61. The van der Waals surface area contributed by atoms with E-state index in [2.05, 4.69) is 17.6 Å². The fourth-order valence-electron chi connectivity index (χ4n) is 1.56. The number of thiazole rings is 1. The van der Waals surface area contributed by atoms with Crippen LogP contribution < -0.4 is 0 Å². The van der Waals surface area contributed by atoms with Crippen molar-refractivity contribution in [1.82, 2.24) is 4.98 Å². The highest BCUT2D eigenvalue weighted by Gasteiger charge is 2.10. The molecule has 0 saturated heterocycles. The molecule has 0 bridgehead atoms. The van der Waals surface area contributed by atoms with Crippen LogP contribution in [0.2, 0.25) is 0 Å². The largest absolute Gasteiger partial charge is 0.464 e. The number of rotatable bonds is 2. The lowest BCUT2D eigenvalue weighted by molar-refractivity contribution is 0.554. The van der Waals surface area contributed by atoms with Gasteiger partial charge < -0.3 is 4.42 Å². The molecule has 0 aliphatic heterocycles. The van der Waals surface area contributed by atoms with Crippen LogP contribution in [0.15, 0.2) is 53.7 Å². The second-order valence-electron chi connectivity index (χ2n) is 3.44. The van der Waals surface area contributed by atoms with Crippen LogP contribution in [-0.2, 0) is 0 Å². The van der Waals surface area contributed by atoms with Gasteiger partial charge in [0.1, 0.15) is 10.8 Å². The highest BCUT2D eigenvalue weighted by molar-refractivity contribution is 7.19. The lowest BCUT2D eigenvalue weighted by Gasteiger charge is -1.94. The van der Waals surface area contributed by atoms with E-state index in [4.69, 9.17) is 4.42 Å². The predicted molar refractivity (Wildman–Crippen MR) is 66.5 cm³/mol. The van der Waals surface area contributed by atoms with Crippen LogP contribution in [0.1, 0.15) is 10.8 Å². The summed E-state index contributed by atoms with van der Waals surface area (Å²) in [5.74, 6) is 0.777. The van der Waals surface area contributed by atoms with Crippen LogP contribution in [0.25, 0.3) is 15.8 Å². The number of para-hydroxylation sites is 1. The van der Waals surface area contributed by atoms with E-state index in [0.29, 0.717) is 0 Å². The molecule has 0 radical (unpaired) electrons. The molecule has 2 aromatic heterocycles. The van der Waals surface area contributed by atoms with E-state index in [1.54, 1.807) is 17.6 Å². The molecule has 1 aromatic carbocycles. The van der Waals surface area contributed by atoms with Gasteiger partial charge in [-0.15, -0.1) is 11.3 Å². The molecular weight excluding hydrogens is 218 g/mol. The summed E-state index contributed by atoms with van der Waals surface area (Å²) in [5, 5.41) is 0.913. The molecule has 2 nitrogen and oxygen atoms in total. The zero-order chi connectivity index (χ0) is 11.0. The second-order valence-corrected chi connectivity index (χ2v) is 4.47. The van der Waals surface area contributed by atoms with Gasteiger partial charge in [0.15, 0.2) is 0 Å². The molecule has 0 saturated carbocycles. The first-order valence-electron chi connectivity index (χ1n) is 4.93. The summed E-state index contributed by atoms with van der Waals surface area (Å²) in [6.45, 7) is 4.02. The first-order chi connectivity index (χ1) is 7.84. The summed E-state index contributed by atoms with van der Waals surface area (Å²) in [4.78, 5) is 4.53. The van der Waals surface area contributed by atoms with Crippen LogP contribution in [0, 0.1) is 0 Å². The standard InChI is InChI=1S/C13H9NOS/c1-9(11-6-4-8-15-11)13-14-10-5-2-3-7-12(10)16-13/h2-8H,1H2. The SMILES string of the molecule is C=C(c1ccco1)c1nc2ccccc2s1. The third kappa shape index (κ3) is 1.46. The Kier molecular flexibility index (Phi) is 2.11. The quantitative estimate of drug-likeness (QED) is 0.662. The van der Waals surface area contributed by atoms with Crippen LogP contribution in [0.4, 0.5) is 0 Å². The summed E-state index contributed by atoms with van der Waals surface area (Å²) < 4.78 is 6.48. The van der Waals surface area contributed by atoms with E-state index in [1.165, 1.54) is 4.70 Å². The number of aromatic nitrogens is 1. The third-order valence-electron chi connectivity index (χ3n) is 2.37. The number of nitrogens with zero attached hydrogens (tertiary/aromatic N) is 1. The number of fused-ring (bicyclic) bond motifs is 1. The molecule has 78 valence electrons. The van der Waals surface area contributed by atoms with E-state index in [0.717, 1.165) is 21.9 Å². The minimum absolute atomic E-state index is 0.777. The fraction of sp³-hybridized carbons (Fsp3) is 0. The van der Waals surface area contributed by atoms with Crippen molar-refractivity contribution >= 4 is 27.1 Å². The number of furan rings is 1. The van der Waals surface area contributed by atoms with E-state index >= 15 is 0 Å². The van der Waals surface area contributed by atoms with Gasteiger partial charge in [0, 0.05) is 5.57 Å². The van der Waals surface area contributed by atoms with Gasteiger partial charge in [-0.2, -0.15) is 0 Å². The molecule has 0 aliphatic rings. The Hall–Kier alpha value is -1.87. The van der Waals surface area contributed by atoms with Crippen LogP contribution in [-0.4, -0.2) is 4.98 Å². The maximum Gasteiger partial charge on any atom is 0.136 e. The Bertz CT molecular complexity index is 604. The van der Waals surface area contributed by atoms with Crippen molar-refractivity contribution in [2.24, 2.45) is 0 Å². The smallest absolute Gasteiger partial charge is 0.136 e. The Morgan fingerprint density at radius 2 is 2.06 bits per heavy atom. The Labute approximate surface area is 96.9 Å². The van der Waals surface area contributed by atoms with Gasteiger partial charge in [0.2, 0.25) is 0 Å². The van der Waals surface area contributed by atoms with E-state index < -0.39 is 0 Å². The topological polar surface area (TPSA) is 26.0 Å². The monoisotopic (exact) mass is 227 g/mol. The van der Waals surface area contributed by atoms with Gasteiger partial charge in [-0.05, 0) is 24.3 Å². The first-order valence-corrected chi connectivity index (χ1v) is 5.75. The van der Waals surface area contributed by atoms with Crippen LogP contribution in [0.3, 0.4) is 0 Å². The van der Waals surface area contributed by atoms with E-state index in [1.807, 2.05) is 30.3 Å². The third-order valence-corrected chi connectivity index (χ3v) is 3.47. The molecule has 0 aliphatic carbocycles. The molecule has 3 heteroatoms. The zero-order valence-corrected chi connectivity index (χ0v) is 9.33. The van der Waals surface area contributed by atoms with Crippen molar-refractivity contribution in [3.8, 4) is 0 Å². The average Bonchev–Trinajstić information content (AvgIpc) is 2.97. The molecule has 0 N–H and O–H groups in total. The van der Waals surface area contributed by atoms with E-state index in [-0.39, 0.29) is 0 Å². The van der Waals surface area contributed by atoms with E-state index in [9.17, 15) is 0 Å². The molecule has 0 amide bonds. The fourth-order valence-corrected chi connectivity index (χ4v) is 2.50. The Morgan fingerprint density at radius 3 is 2.81 bits per heavy atom. The van der Waals surface area contributed by atoms with Gasteiger partial charge in [-0.3, -0.25) is 0 Å². The molecule has 2 heterocycles. The van der Waals surface area contributed by atoms with Crippen molar-refractivity contribution in [3.05, 3.63) is 60.0 Å². The summed E-state index contributed by atoms with van der Waals surface area (Å²) >= 11 is 1.63. The molecule has 0 spiro atoms. The molecule has 0 atom stereocenters. The number of hydrogen-bond donors (Lipinski definition) is 0. The van der Waals surface area contributed by atoms with Gasteiger partial charge in [-0.25, -0.2) is 4.98 Å².